The van der Waals surface area contributed by atoms with Crippen molar-refractivity contribution in [2.75, 3.05) is 0 Å². The average molecular weight is 759 g/mol. The Hall–Kier alpha value is -7.80. The summed E-state index contributed by atoms with van der Waals surface area (Å²) in [5, 5.41) is 15.1. The predicted molar refractivity (Wildman–Crippen MR) is 259 cm³/mol. The molecule has 0 nitrogen and oxygen atoms in total. The summed E-state index contributed by atoms with van der Waals surface area (Å²) in [6.07, 6.45) is 0. The van der Waals surface area contributed by atoms with Crippen molar-refractivity contribution in [3.05, 3.63) is 231 Å². The van der Waals surface area contributed by atoms with Crippen LogP contribution in [0, 0.1) is 0 Å². The largest absolute Gasteiger partial charge is 0.0622 e. The Morgan fingerprint density at radius 2 is 0.633 bits per heavy atom. The van der Waals surface area contributed by atoms with Gasteiger partial charge >= 0.3 is 0 Å². The minimum absolute atomic E-state index is 1.21. The topological polar surface area (TPSA) is 0 Å². The van der Waals surface area contributed by atoms with E-state index in [4.69, 9.17) is 0 Å². The van der Waals surface area contributed by atoms with Crippen LogP contribution < -0.4 is 0 Å². The highest BCUT2D eigenvalue weighted by Crippen LogP contribution is 2.47. The van der Waals surface area contributed by atoms with Gasteiger partial charge in [0.25, 0.3) is 0 Å². The summed E-state index contributed by atoms with van der Waals surface area (Å²) in [6.45, 7) is 0. The van der Waals surface area contributed by atoms with E-state index < -0.39 is 0 Å². The number of hydrogen-bond donors (Lipinski definition) is 0. The lowest BCUT2D eigenvalue weighted by molar-refractivity contribution is 1.61. The molecule has 12 aromatic rings. The van der Waals surface area contributed by atoms with Gasteiger partial charge in [-0.3, -0.25) is 0 Å². The Bertz CT molecular complexity index is 3570. The summed E-state index contributed by atoms with van der Waals surface area (Å²) in [7, 11) is 0. The number of hydrogen-bond acceptors (Lipinski definition) is 0. The van der Waals surface area contributed by atoms with Crippen LogP contribution in [0.1, 0.15) is 0 Å². The van der Waals surface area contributed by atoms with E-state index in [1.807, 2.05) is 0 Å². The van der Waals surface area contributed by atoms with Gasteiger partial charge < -0.3 is 0 Å². The monoisotopic (exact) mass is 758 g/mol. The molecule has 0 saturated carbocycles. The van der Waals surface area contributed by atoms with E-state index in [1.165, 1.54) is 120 Å². The second-order valence-corrected chi connectivity index (χ2v) is 16.0. The van der Waals surface area contributed by atoms with Crippen molar-refractivity contribution in [2.45, 2.75) is 0 Å². The van der Waals surface area contributed by atoms with Crippen LogP contribution in [0.5, 0.6) is 0 Å². The lowest BCUT2D eigenvalue weighted by Crippen LogP contribution is -1.92. The zero-order valence-corrected chi connectivity index (χ0v) is 32.9. The van der Waals surface area contributed by atoms with E-state index >= 15 is 0 Å². The van der Waals surface area contributed by atoms with Gasteiger partial charge in [-0.25, -0.2) is 0 Å². The third kappa shape index (κ3) is 5.53. The molecule has 0 saturated heterocycles. The van der Waals surface area contributed by atoms with Gasteiger partial charge in [0.2, 0.25) is 0 Å². The Labute approximate surface area is 349 Å². The standard InChI is InChI=1S/C60H38/c1-3-16-40(17-4-1)55-35-42-21-7-8-22-43(42)36-57(55)44-30-33-49-48-32-31-45(34-46(48)38-56(58(49)37-44)41-18-5-2-6-19-41)59-51-25-11-13-27-53(51)60(54-28-14-12-26-52(54)59)50-29-15-23-39-20-9-10-24-47(39)50/h1-38H. The lowest BCUT2D eigenvalue weighted by atomic mass is 9.84. The molecule has 0 bridgehead atoms. The van der Waals surface area contributed by atoms with E-state index in [1.54, 1.807) is 0 Å². The highest BCUT2D eigenvalue weighted by atomic mass is 14.2. The second kappa shape index (κ2) is 13.9. The first-order valence-corrected chi connectivity index (χ1v) is 20.8. The molecule has 60 heavy (non-hydrogen) atoms. The van der Waals surface area contributed by atoms with E-state index in [-0.39, 0.29) is 0 Å². The quantitative estimate of drug-likeness (QED) is 0.121. The average Bonchev–Trinajstić information content (AvgIpc) is 3.32. The van der Waals surface area contributed by atoms with E-state index in [0.29, 0.717) is 0 Å². The molecule has 0 aliphatic heterocycles. The number of fused-ring (bicyclic) bond motifs is 7. The smallest absolute Gasteiger partial charge is 0.00201 e. The van der Waals surface area contributed by atoms with Gasteiger partial charge in [-0.2, -0.15) is 0 Å². The van der Waals surface area contributed by atoms with Gasteiger partial charge in [0, 0.05) is 0 Å². The third-order valence-corrected chi connectivity index (χ3v) is 12.6. The van der Waals surface area contributed by atoms with Crippen molar-refractivity contribution < 1.29 is 0 Å². The van der Waals surface area contributed by atoms with Gasteiger partial charge in [-0.05, 0) is 151 Å². The molecule has 0 amide bonds. The zero-order valence-electron chi connectivity index (χ0n) is 32.9. The SMILES string of the molecule is c1ccc(-c2cc3ccccc3cc2-c2ccc3c(c2)c(-c2ccccc2)cc2cc(-c4c5ccccc5c(-c5cccc6ccccc56)c5ccccc45)ccc23)cc1. The van der Waals surface area contributed by atoms with Crippen molar-refractivity contribution in [1.82, 2.24) is 0 Å². The van der Waals surface area contributed by atoms with Crippen molar-refractivity contribution in [3.63, 3.8) is 0 Å². The molecule has 0 aromatic heterocycles. The van der Waals surface area contributed by atoms with Crippen LogP contribution in [-0.2, 0) is 0 Å². The van der Waals surface area contributed by atoms with E-state index in [0.717, 1.165) is 0 Å². The first-order valence-electron chi connectivity index (χ1n) is 20.8. The van der Waals surface area contributed by atoms with Gasteiger partial charge in [0.05, 0.1) is 0 Å². The molecule has 0 atom stereocenters. The molecule has 0 radical (unpaired) electrons. The molecule has 0 heterocycles. The molecule has 0 aliphatic rings. The first kappa shape index (κ1) is 34.3. The molecule has 0 N–H and O–H groups in total. The predicted octanol–water partition coefficient (Wildman–Crippen LogP) is 16.9. The minimum atomic E-state index is 1.21. The molecule has 12 rings (SSSR count). The summed E-state index contributed by atoms with van der Waals surface area (Å²) in [5.74, 6) is 0. The molecular weight excluding hydrogens is 721 g/mol. The molecular formula is C60H38. The van der Waals surface area contributed by atoms with Crippen LogP contribution >= 0.6 is 0 Å². The second-order valence-electron chi connectivity index (χ2n) is 16.0. The van der Waals surface area contributed by atoms with Crippen LogP contribution in [0.25, 0.3) is 120 Å². The van der Waals surface area contributed by atoms with Crippen LogP contribution in [0.15, 0.2) is 231 Å². The van der Waals surface area contributed by atoms with Crippen molar-refractivity contribution in [2.24, 2.45) is 0 Å². The molecule has 0 heteroatoms. The van der Waals surface area contributed by atoms with Gasteiger partial charge in [0.15, 0.2) is 0 Å². The number of rotatable bonds is 5. The highest BCUT2D eigenvalue weighted by molar-refractivity contribution is 6.24. The molecule has 0 aliphatic carbocycles. The molecule has 278 valence electrons. The third-order valence-electron chi connectivity index (χ3n) is 12.6. The maximum Gasteiger partial charge on any atom is -0.00201 e. The number of benzene rings is 12. The van der Waals surface area contributed by atoms with Crippen molar-refractivity contribution >= 4 is 64.6 Å². The van der Waals surface area contributed by atoms with Crippen molar-refractivity contribution in [3.8, 4) is 55.6 Å². The molecule has 12 aromatic carbocycles. The first-order chi connectivity index (χ1) is 29.8. The molecule has 0 spiro atoms. The summed E-state index contributed by atoms with van der Waals surface area (Å²) < 4.78 is 0. The molecule has 0 unspecified atom stereocenters. The normalized spacial score (nSPS) is 11.7. The zero-order chi connectivity index (χ0) is 39.6. The van der Waals surface area contributed by atoms with Gasteiger partial charge in [-0.1, -0.05) is 200 Å². The fourth-order valence-electron chi connectivity index (χ4n) is 9.85. The Morgan fingerprint density at radius 1 is 0.167 bits per heavy atom. The maximum absolute atomic E-state index is 2.43. The van der Waals surface area contributed by atoms with Gasteiger partial charge in [-0.15, -0.1) is 0 Å². The maximum atomic E-state index is 2.43. The fourth-order valence-corrected chi connectivity index (χ4v) is 9.85. The summed E-state index contributed by atoms with van der Waals surface area (Å²) >= 11 is 0. The van der Waals surface area contributed by atoms with Crippen LogP contribution in [0.3, 0.4) is 0 Å². The van der Waals surface area contributed by atoms with Crippen molar-refractivity contribution in [1.29, 1.82) is 0 Å². The Balaban J connectivity index is 1.10. The summed E-state index contributed by atoms with van der Waals surface area (Å²) in [6, 6.07) is 85.2. The van der Waals surface area contributed by atoms with Crippen LogP contribution in [0.4, 0.5) is 0 Å². The lowest BCUT2D eigenvalue weighted by Gasteiger charge is -2.19. The highest BCUT2D eigenvalue weighted by Gasteiger charge is 2.19. The summed E-state index contributed by atoms with van der Waals surface area (Å²) in [4.78, 5) is 0. The van der Waals surface area contributed by atoms with Gasteiger partial charge in [0.1, 0.15) is 0 Å². The Kier molecular flexibility index (Phi) is 7.96. The molecule has 0 fully saturated rings. The van der Waals surface area contributed by atoms with E-state index in [9.17, 15) is 0 Å². The van der Waals surface area contributed by atoms with E-state index in [2.05, 4.69) is 231 Å². The summed E-state index contributed by atoms with van der Waals surface area (Å²) in [5.41, 5.74) is 12.4. The Morgan fingerprint density at radius 3 is 1.28 bits per heavy atom. The minimum Gasteiger partial charge on any atom is -0.0622 e. The fraction of sp³-hybridized carbons (Fsp3) is 0. The van der Waals surface area contributed by atoms with Crippen LogP contribution in [-0.4, -0.2) is 0 Å². The van der Waals surface area contributed by atoms with Crippen LogP contribution in [0.2, 0.25) is 0 Å².